The van der Waals surface area contributed by atoms with Crippen molar-refractivity contribution in [2.24, 2.45) is 5.84 Å². The Kier molecular flexibility index (Phi) is 2.60. The van der Waals surface area contributed by atoms with E-state index in [0.29, 0.717) is 17.4 Å². The predicted molar refractivity (Wildman–Crippen MR) is 70.6 cm³/mol. The van der Waals surface area contributed by atoms with E-state index in [2.05, 4.69) is 20.7 Å². The largest absolute Gasteiger partial charge is 0.479 e. The van der Waals surface area contributed by atoms with E-state index in [9.17, 15) is 4.79 Å². The van der Waals surface area contributed by atoms with Crippen molar-refractivity contribution in [3.8, 4) is 17.0 Å². The minimum absolute atomic E-state index is 0.154. The third-order valence-electron chi connectivity index (χ3n) is 2.93. The lowest BCUT2D eigenvalue weighted by Gasteiger charge is -2.23. The van der Waals surface area contributed by atoms with Crippen molar-refractivity contribution >= 4 is 17.5 Å². The van der Waals surface area contributed by atoms with Gasteiger partial charge in [-0.15, -0.1) is 0 Å². The van der Waals surface area contributed by atoms with Gasteiger partial charge in [0.05, 0.1) is 17.6 Å². The Morgan fingerprint density at radius 2 is 2.32 bits per heavy atom. The van der Waals surface area contributed by atoms with E-state index in [1.54, 1.807) is 13.1 Å². The zero-order valence-corrected chi connectivity index (χ0v) is 10.2. The molecular formula is C12H13N5O2. The molecule has 1 aliphatic heterocycles. The number of aromatic nitrogens is 2. The molecule has 1 amide bonds. The number of nitrogen functional groups attached to an aromatic ring is 1. The number of nitrogens with zero attached hydrogens (tertiary/aromatic N) is 1. The van der Waals surface area contributed by atoms with E-state index in [0.717, 1.165) is 11.3 Å². The van der Waals surface area contributed by atoms with Crippen molar-refractivity contribution in [3.05, 3.63) is 24.4 Å². The molecule has 0 bridgehead atoms. The monoisotopic (exact) mass is 259 g/mol. The molecule has 1 aromatic heterocycles. The smallest absolute Gasteiger partial charge is 0.265 e. The highest BCUT2D eigenvalue weighted by Gasteiger charge is 2.23. The molecular weight excluding hydrogens is 246 g/mol. The van der Waals surface area contributed by atoms with Crippen molar-refractivity contribution in [2.75, 3.05) is 10.7 Å². The van der Waals surface area contributed by atoms with Gasteiger partial charge in [0, 0.05) is 5.56 Å². The topological polar surface area (TPSA) is 105 Å². The Balaban J connectivity index is 1.97. The van der Waals surface area contributed by atoms with E-state index in [1.165, 1.54) is 0 Å². The van der Waals surface area contributed by atoms with Crippen LogP contribution in [0.25, 0.3) is 11.3 Å². The quantitative estimate of drug-likeness (QED) is 0.477. The van der Waals surface area contributed by atoms with Gasteiger partial charge in [-0.2, -0.15) is 0 Å². The number of amides is 1. The zero-order chi connectivity index (χ0) is 13.4. The normalized spacial score (nSPS) is 17.4. The molecule has 0 saturated heterocycles. The molecule has 0 radical (unpaired) electrons. The number of carbonyl (C=O) groups excluding carboxylic acids is 1. The van der Waals surface area contributed by atoms with E-state index in [4.69, 9.17) is 10.6 Å². The number of hydrogen-bond acceptors (Lipinski definition) is 5. The van der Waals surface area contributed by atoms with Gasteiger partial charge in [-0.1, -0.05) is 0 Å². The van der Waals surface area contributed by atoms with Gasteiger partial charge >= 0.3 is 0 Å². The molecule has 19 heavy (non-hydrogen) atoms. The van der Waals surface area contributed by atoms with Crippen LogP contribution in [0.5, 0.6) is 5.75 Å². The van der Waals surface area contributed by atoms with Crippen LogP contribution < -0.4 is 21.3 Å². The third-order valence-corrected chi connectivity index (χ3v) is 2.93. The summed E-state index contributed by atoms with van der Waals surface area (Å²) in [6.45, 7) is 1.71. The number of nitrogens with one attached hydrogen (secondary N) is 3. The standard InChI is InChI=1S/C12H13N5O2/c1-6-11(18)15-8-4-7(2-3-10(8)19-6)9-5-14-12(16-9)17-13/h2-6H,13H2,1H3,(H,15,18)(H2,14,16,17). The fourth-order valence-corrected chi connectivity index (χ4v) is 1.92. The highest BCUT2D eigenvalue weighted by atomic mass is 16.5. The van der Waals surface area contributed by atoms with Crippen molar-refractivity contribution in [2.45, 2.75) is 13.0 Å². The summed E-state index contributed by atoms with van der Waals surface area (Å²) in [5.41, 5.74) is 4.76. The highest BCUT2D eigenvalue weighted by molar-refractivity contribution is 5.98. The SMILES string of the molecule is CC1Oc2ccc(-c3cnc(NN)[nH]3)cc2NC1=O. The first-order valence-corrected chi connectivity index (χ1v) is 5.81. The van der Waals surface area contributed by atoms with Crippen LogP contribution in [0.1, 0.15) is 6.92 Å². The Labute approximate surface area is 109 Å². The summed E-state index contributed by atoms with van der Waals surface area (Å²) in [6, 6.07) is 5.53. The second kappa shape index (κ2) is 4.29. The molecule has 0 spiro atoms. The van der Waals surface area contributed by atoms with Crippen LogP contribution >= 0.6 is 0 Å². The number of aromatic amines is 1. The third kappa shape index (κ3) is 2.00. The molecule has 1 aliphatic rings. The van der Waals surface area contributed by atoms with Gasteiger partial charge in [-0.05, 0) is 25.1 Å². The van der Waals surface area contributed by atoms with Gasteiger partial charge in [0.2, 0.25) is 5.95 Å². The van der Waals surface area contributed by atoms with E-state index in [1.807, 2.05) is 18.2 Å². The van der Waals surface area contributed by atoms with Crippen LogP contribution in [0.4, 0.5) is 11.6 Å². The molecule has 2 aromatic rings. The maximum absolute atomic E-state index is 11.6. The van der Waals surface area contributed by atoms with Crippen LogP contribution in [-0.2, 0) is 4.79 Å². The van der Waals surface area contributed by atoms with E-state index >= 15 is 0 Å². The maximum Gasteiger partial charge on any atom is 0.265 e. The number of imidazole rings is 1. The van der Waals surface area contributed by atoms with Crippen molar-refractivity contribution in [1.29, 1.82) is 0 Å². The lowest BCUT2D eigenvalue weighted by atomic mass is 10.1. The number of hydrogen-bond donors (Lipinski definition) is 4. The van der Waals surface area contributed by atoms with Crippen LogP contribution in [0, 0.1) is 0 Å². The fourth-order valence-electron chi connectivity index (χ4n) is 1.92. The second-order valence-corrected chi connectivity index (χ2v) is 4.25. The number of ether oxygens (including phenoxy) is 1. The van der Waals surface area contributed by atoms with Gasteiger partial charge < -0.3 is 15.0 Å². The van der Waals surface area contributed by atoms with Gasteiger partial charge in [0.1, 0.15) is 5.75 Å². The molecule has 1 unspecified atom stereocenters. The second-order valence-electron chi connectivity index (χ2n) is 4.25. The van der Waals surface area contributed by atoms with Crippen molar-refractivity contribution in [1.82, 2.24) is 9.97 Å². The van der Waals surface area contributed by atoms with Gasteiger partial charge in [-0.3, -0.25) is 10.2 Å². The molecule has 1 aromatic carbocycles. The molecule has 0 fully saturated rings. The number of H-pyrrole nitrogens is 1. The summed E-state index contributed by atoms with van der Waals surface area (Å²) in [5, 5.41) is 2.80. The first-order valence-electron chi connectivity index (χ1n) is 5.81. The summed E-state index contributed by atoms with van der Waals surface area (Å²) in [5.74, 6) is 6.24. The Hall–Kier alpha value is -2.54. The molecule has 98 valence electrons. The molecule has 7 heteroatoms. The van der Waals surface area contributed by atoms with Crippen molar-refractivity contribution < 1.29 is 9.53 Å². The highest BCUT2D eigenvalue weighted by Crippen LogP contribution is 2.33. The average Bonchev–Trinajstić information content (AvgIpc) is 2.88. The van der Waals surface area contributed by atoms with Crippen molar-refractivity contribution in [3.63, 3.8) is 0 Å². The first-order chi connectivity index (χ1) is 9.17. The molecule has 5 N–H and O–H groups in total. The molecule has 7 nitrogen and oxygen atoms in total. The van der Waals surface area contributed by atoms with Crippen LogP contribution in [-0.4, -0.2) is 22.0 Å². The number of rotatable bonds is 2. The van der Waals surface area contributed by atoms with E-state index < -0.39 is 6.10 Å². The maximum atomic E-state index is 11.6. The van der Waals surface area contributed by atoms with Gasteiger partial charge in [0.25, 0.3) is 5.91 Å². The Morgan fingerprint density at radius 3 is 3.05 bits per heavy atom. The number of fused-ring (bicyclic) bond motifs is 1. The average molecular weight is 259 g/mol. The molecule has 1 atom stereocenters. The van der Waals surface area contributed by atoms with Crippen LogP contribution in [0.2, 0.25) is 0 Å². The van der Waals surface area contributed by atoms with Gasteiger partial charge in [0.15, 0.2) is 6.10 Å². The minimum Gasteiger partial charge on any atom is -0.479 e. The van der Waals surface area contributed by atoms with Crippen LogP contribution in [0.15, 0.2) is 24.4 Å². The lowest BCUT2D eigenvalue weighted by molar-refractivity contribution is -0.122. The zero-order valence-electron chi connectivity index (χ0n) is 10.2. The Morgan fingerprint density at radius 1 is 1.47 bits per heavy atom. The fraction of sp³-hybridized carbons (Fsp3) is 0.167. The Bertz CT molecular complexity index is 637. The number of hydrazine groups is 1. The summed E-state index contributed by atoms with van der Waals surface area (Å²) < 4.78 is 5.49. The number of anilines is 2. The molecule has 0 aliphatic carbocycles. The minimum atomic E-state index is -0.474. The molecule has 0 saturated carbocycles. The van der Waals surface area contributed by atoms with Gasteiger partial charge in [-0.25, -0.2) is 10.8 Å². The predicted octanol–water partition coefficient (Wildman–Crippen LogP) is 1.08. The number of nitrogens with two attached hydrogens (primary N) is 1. The van der Waals surface area contributed by atoms with Crippen LogP contribution in [0.3, 0.4) is 0 Å². The summed E-state index contributed by atoms with van der Waals surface area (Å²) >= 11 is 0. The number of benzene rings is 1. The first kappa shape index (κ1) is 11.5. The summed E-state index contributed by atoms with van der Waals surface area (Å²) in [4.78, 5) is 18.6. The number of carbonyl (C=O) groups is 1. The summed E-state index contributed by atoms with van der Waals surface area (Å²) in [6.07, 6.45) is 1.18. The summed E-state index contributed by atoms with van der Waals surface area (Å²) in [7, 11) is 0. The lowest BCUT2D eigenvalue weighted by Crippen LogP contribution is -2.34. The van der Waals surface area contributed by atoms with E-state index in [-0.39, 0.29) is 5.91 Å². The molecule has 2 heterocycles. The molecule has 3 rings (SSSR count).